The number of thiazole rings is 1. The van der Waals surface area contributed by atoms with Crippen molar-refractivity contribution in [3.8, 4) is 0 Å². The van der Waals surface area contributed by atoms with Gasteiger partial charge in [0, 0.05) is 6.61 Å². The number of hydrogen-bond acceptors (Lipinski definition) is 6. The van der Waals surface area contributed by atoms with Crippen LogP contribution in [0.3, 0.4) is 0 Å². The first-order valence-corrected chi connectivity index (χ1v) is 7.62. The van der Waals surface area contributed by atoms with Gasteiger partial charge in [-0.25, -0.2) is 9.78 Å². The van der Waals surface area contributed by atoms with E-state index in [0.717, 1.165) is 24.5 Å². The van der Waals surface area contributed by atoms with Gasteiger partial charge in [-0.1, -0.05) is 0 Å². The first kappa shape index (κ1) is 14.7. The second-order valence-electron chi connectivity index (χ2n) is 4.82. The van der Waals surface area contributed by atoms with Gasteiger partial charge in [-0.2, -0.15) is 0 Å². The van der Waals surface area contributed by atoms with Gasteiger partial charge < -0.3 is 19.6 Å². The van der Waals surface area contributed by atoms with E-state index in [0.29, 0.717) is 10.6 Å². The van der Waals surface area contributed by atoms with Crippen LogP contribution in [0.2, 0.25) is 0 Å². The van der Waals surface area contributed by atoms with Gasteiger partial charge in [0.15, 0.2) is 0 Å². The zero-order valence-corrected chi connectivity index (χ0v) is 12.4. The number of carboxylic acids is 1. The maximum atomic E-state index is 12.0. The molecule has 0 aromatic carbocycles. The molecule has 0 saturated carbocycles. The zero-order valence-electron chi connectivity index (χ0n) is 11.6. The smallest absolute Gasteiger partial charge is 0.371 e. The minimum Gasteiger partial charge on any atom is -0.475 e. The molecule has 1 atom stereocenters. The van der Waals surface area contributed by atoms with Crippen molar-refractivity contribution in [1.29, 1.82) is 0 Å². The molecule has 1 fully saturated rings. The van der Waals surface area contributed by atoms with E-state index in [-0.39, 0.29) is 24.3 Å². The Morgan fingerprint density at radius 1 is 1.45 bits per heavy atom. The van der Waals surface area contributed by atoms with Crippen LogP contribution in [0.1, 0.15) is 49.9 Å². The average Bonchev–Trinajstić information content (AvgIpc) is 3.23. The summed E-state index contributed by atoms with van der Waals surface area (Å²) in [5.41, 5.74) is 0. The molecule has 1 unspecified atom stereocenters. The molecule has 8 heteroatoms. The lowest BCUT2D eigenvalue weighted by Crippen LogP contribution is -2.21. The molecule has 3 heterocycles. The van der Waals surface area contributed by atoms with Crippen molar-refractivity contribution in [3.63, 3.8) is 0 Å². The lowest BCUT2D eigenvalue weighted by atomic mass is 10.2. The largest absolute Gasteiger partial charge is 0.475 e. The number of amides is 1. The number of furan rings is 1. The highest BCUT2D eigenvalue weighted by atomic mass is 32.1. The van der Waals surface area contributed by atoms with Gasteiger partial charge in [-0.15, -0.1) is 11.3 Å². The molecule has 3 rings (SSSR count). The van der Waals surface area contributed by atoms with Gasteiger partial charge in [0.1, 0.15) is 21.7 Å². The van der Waals surface area contributed by atoms with Crippen LogP contribution >= 0.6 is 11.3 Å². The molecule has 7 nitrogen and oxygen atoms in total. The minimum absolute atomic E-state index is 0.00486. The molecule has 2 N–H and O–H groups in total. The number of nitrogens with zero attached hydrogens (tertiary/aromatic N) is 1. The topological polar surface area (TPSA) is 102 Å². The Bertz CT molecular complexity index is 687. The van der Waals surface area contributed by atoms with Gasteiger partial charge in [0.25, 0.3) is 5.91 Å². The van der Waals surface area contributed by atoms with Crippen LogP contribution in [0.15, 0.2) is 22.7 Å². The normalized spacial score (nSPS) is 17.5. The molecular weight excluding hydrogens is 308 g/mol. The van der Waals surface area contributed by atoms with Crippen molar-refractivity contribution in [2.75, 3.05) is 6.61 Å². The second-order valence-corrected chi connectivity index (χ2v) is 5.88. The highest BCUT2D eigenvalue weighted by Crippen LogP contribution is 2.31. The van der Waals surface area contributed by atoms with Crippen molar-refractivity contribution in [2.24, 2.45) is 0 Å². The standard InChI is InChI=1S/C14H14N2O5S/c17-12(15-6-8-3-4-10(21-8)14(18)19)11-7-16-13(22-11)9-2-1-5-20-9/h3-4,7,9H,1-2,5-6H2,(H,15,17)(H,18,19). The van der Waals surface area contributed by atoms with Crippen LogP contribution in [0.25, 0.3) is 0 Å². The number of nitrogens with one attached hydrogen (secondary N) is 1. The van der Waals surface area contributed by atoms with Crippen molar-refractivity contribution in [3.05, 3.63) is 39.7 Å². The van der Waals surface area contributed by atoms with E-state index in [1.165, 1.54) is 29.7 Å². The van der Waals surface area contributed by atoms with Crippen LogP contribution in [-0.4, -0.2) is 28.6 Å². The number of carbonyl (C=O) groups excluding carboxylic acids is 1. The number of ether oxygens (including phenoxy) is 1. The lowest BCUT2D eigenvalue weighted by Gasteiger charge is -2.03. The molecule has 1 amide bonds. The fourth-order valence-corrected chi connectivity index (χ4v) is 3.07. The third-order valence-electron chi connectivity index (χ3n) is 3.25. The second kappa shape index (κ2) is 6.29. The third kappa shape index (κ3) is 3.18. The molecule has 1 saturated heterocycles. The van der Waals surface area contributed by atoms with Gasteiger partial charge in [-0.3, -0.25) is 4.79 Å². The van der Waals surface area contributed by atoms with E-state index in [9.17, 15) is 9.59 Å². The molecule has 1 aliphatic rings. The molecular formula is C14H14N2O5S. The van der Waals surface area contributed by atoms with E-state index in [1.54, 1.807) is 0 Å². The number of hydrogen-bond donors (Lipinski definition) is 2. The van der Waals surface area contributed by atoms with Gasteiger partial charge in [-0.05, 0) is 25.0 Å². The van der Waals surface area contributed by atoms with Gasteiger partial charge in [0.05, 0.1) is 12.7 Å². The predicted molar refractivity (Wildman–Crippen MR) is 76.9 cm³/mol. The average molecular weight is 322 g/mol. The summed E-state index contributed by atoms with van der Waals surface area (Å²) in [4.78, 5) is 27.5. The van der Waals surface area contributed by atoms with E-state index in [1.807, 2.05) is 0 Å². The van der Waals surface area contributed by atoms with E-state index >= 15 is 0 Å². The van der Waals surface area contributed by atoms with Crippen LogP contribution < -0.4 is 5.32 Å². The van der Waals surface area contributed by atoms with Crippen molar-refractivity contribution >= 4 is 23.2 Å². The Hall–Kier alpha value is -2.19. The fraction of sp³-hybridized carbons (Fsp3) is 0.357. The Morgan fingerprint density at radius 3 is 3.00 bits per heavy atom. The summed E-state index contributed by atoms with van der Waals surface area (Å²) in [5, 5.41) is 12.2. The SMILES string of the molecule is O=C(O)c1ccc(CNC(=O)c2cnc(C3CCCO3)s2)o1. The number of aromatic nitrogens is 1. The molecule has 2 aromatic rings. The van der Waals surface area contributed by atoms with E-state index < -0.39 is 5.97 Å². The Balaban J connectivity index is 1.58. The quantitative estimate of drug-likeness (QED) is 0.875. The van der Waals surface area contributed by atoms with Crippen LogP contribution in [0.5, 0.6) is 0 Å². The van der Waals surface area contributed by atoms with Crippen LogP contribution in [0, 0.1) is 0 Å². The zero-order chi connectivity index (χ0) is 15.5. The maximum Gasteiger partial charge on any atom is 0.371 e. The summed E-state index contributed by atoms with van der Waals surface area (Å²) in [7, 11) is 0. The van der Waals surface area contributed by atoms with Crippen molar-refractivity contribution in [2.45, 2.75) is 25.5 Å². The molecule has 0 aliphatic carbocycles. The van der Waals surface area contributed by atoms with E-state index in [2.05, 4.69) is 10.3 Å². The first-order chi connectivity index (χ1) is 10.6. The summed E-state index contributed by atoms with van der Waals surface area (Å²) in [5.74, 6) is -1.17. The molecule has 0 bridgehead atoms. The lowest BCUT2D eigenvalue weighted by molar-refractivity contribution is 0.0660. The molecule has 0 spiro atoms. The summed E-state index contributed by atoms with van der Waals surface area (Å²) in [6.45, 7) is 0.857. The van der Waals surface area contributed by atoms with Crippen LogP contribution in [0.4, 0.5) is 0 Å². The number of aromatic carboxylic acids is 1. The minimum atomic E-state index is -1.14. The maximum absolute atomic E-state index is 12.0. The van der Waals surface area contributed by atoms with Crippen molar-refractivity contribution in [1.82, 2.24) is 10.3 Å². The van der Waals surface area contributed by atoms with E-state index in [4.69, 9.17) is 14.3 Å². The summed E-state index contributed by atoms with van der Waals surface area (Å²) < 4.78 is 10.6. The molecule has 1 aliphatic heterocycles. The molecule has 0 radical (unpaired) electrons. The monoisotopic (exact) mass is 322 g/mol. The highest BCUT2D eigenvalue weighted by molar-refractivity contribution is 7.13. The van der Waals surface area contributed by atoms with Gasteiger partial charge >= 0.3 is 5.97 Å². The van der Waals surface area contributed by atoms with Crippen LogP contribution in [-0.2, 0) is 11.3 Å². The Morgan fingerprint density at radius 2 is 2.32 bits per heavy atom. The Labute approximate surface area is 129 Å². The molecule has 22 heavy (non-hydrogen) atoms. The molecule has 2 aromatic heterocycles. The number of carboxylic acid groups (broad SMARTS) is 1. The summed E-state index contributed by atoms with van der Waals surface area (Å²) in [6, 6.07) is 2.88. The first-order valence-electron chi connectivity index (χ1n) is 6.81. The highest BCUT2D eigenvalue weighted by Gasteiger charge is 2.22. The number of rotatable bonds is 5. The fourth-order valence-electron chi connectivity index (χ4n) is 2.16. The third-order valence-corrected chi connectivity index (χ3v) is 4.34. The molecule has 116 valence electrons. The summed E-state index contributed by atoms with van der Waals surface area (Å²) in [6.07, 6.45) is 3.46. The Kier molecular flexibility index (Phi) is 4.21. The summed E-state index contributed by atoms with van der Waals surface area (Å²) >= 11 is 1.31. The predicted octanol–water partition coefficient (Wildman–Crippen LogP) is 2.22. The van der Waals surface area contributed by atoms with Gasteiger partial charge in [0.2, 0.25) is 5.76 Å². The number of carbonyl (C=O) groups is 2. The van der Waals surface area contributed by atoms with Crippen molar-refractivity contribution < 1.29 is 23.8 Å².